The zero-order valence-corrected chi connectivity index (χ0v) is 19.3. The van der Waals surface area contributed by atoms with Crippen LogP contribution in [0.4, 0.5) is 0 Å². The van der Waals surface area contributed by atoms with Crippen LogP contribution in [0.5, 0.6) is 0 Å². The molecule has 1 N–H and O–H groups in total. The van der Waals surface area contributed by atoms with Crippen LogP contribution in [0.2, 0.25) is 0 Å². The number of thiazole rings is 1. The van der Waals surface area contributed by atoms with Gasteiger partial charge in [0.05, 0.1) is 11.6 Å². The van der Waals surface area contributed by atoms with E-state index in [9.17, 15) is 9.59 Å². The van der Waals surface area contributed by atoms with E-state index in [0.717, 1.165) is 17.7 Å². The van der Waals surface area contributed by atoms with Crippen LogP contribution in [0.3, 0.4) is 0 Å². The predicted molar refractivity (Wildman–Crippen MR) is 119 cm³/mol. The number of hydrogen-bond donors (Lipinski definition) is 1. The average molecular weight is 433 g/mol. The predicted octanol–water partition coefficient (Wildman–Crippen LogP) is 4.10. The highest BCUT2D eigenvalue weighted by Crippen LogP contribution is 2.21. The van der Waals surface area contributed by atoms with Crippen LogP contribution in [-0.2, 0) is 27.1 Å². The molecule has 0 aliphatic carbocycles. The first kappa shape index (κ1) is 24.0. The minimum atomic E-state index is -0.573. The third-order valence-corrected chi connectivity index (χ3v) is 5.25. The highest BCUT2D eigenvalue weighted by Gasteiger charge is 2.27. The van der Waals surface area contributed by atoms with Crippen molar-refractivity contribution in [2.24, 2.45) is 0 Å². The van der Waals surface area contributed by atoms with Crippen LogP contribution in [0.1, 0.15) is 60.1 Å². The van der Waals surface area contributed by atoms with Gasteiger partial charge in [-0.05, 0) is 59.6 Å². The summed E-state index contributed by atoms with van der Waals surface area (Å²) >= 11 is 1.41. The van der Waals surface area contributed by atoms with E-state index in [1.165, 1.54) is 16.9 Å². The maximum absolute atomic E-state index is 12.8. The van der Waals surface area contributed by atoms with Gasteiger partial charge in [0, 0.05) is 11.3 Å². The van der Waals surface area contributed by atoms with Gasteiger partial charge < -0.3 is 14.8 Å². The van der Waals surface area contributed by atoms with Crippen molar-refractivity contribution in [2.45, 2.75) is 65.5 Å². The van der Waals surface area contributed by atoms with E-state index in [-0.39, 0.29) is 5.97 Å². The molecule has 0 fully saturated rings. The molecule has 30 heavy (non-hydrogen) atoms. The summed E-state index contributed by atoms with van der Waals surface area (Å²) in [5, 5.41) is 4.03. The number of aromatic nitrogens is 1. The summed E-state index contributed by atoms with van der Waals surface area (Å²) in [6, 6.07) is 9.72. The summed E-state index contributed by atoms with van der Waals surface area (Å²) in [5.74, 6) is -0.741. The lowest BCUT2D eigenvalue weighted by Gasteiger charge is -2.24. The fraction of sp³-hybridized carbons (Fsp3) is 0.522. The van der Waals surface area contributed by atoms with Gasteiger partial charge in [-0.2, -0.15) is 0 Å². The SMILES string of the molecule is CCOC(=O)c1nc(CC(NCCCc2ccccc2)C(=O)OC(C)(C)C)sc1C. The molecule has 6 nitrogen and oxygen atoms in total. The van der Waals surface area contributed by atoms with E-state index in [0.29, 0.717) is 30.3 Å². The molecule has 1 aromatic carbocycles. The van der Waals surface area contributed by atoms with E-state index in [4.69, 9.17) is 9.47 Å². The summed E-state index contributed by atoms with van der Waals surface area (Å²) in [7, 11) is 0. The molecule has 1 heterocycles. The van der Waals surface area contributed by atoms with Gasteiger partial charge in [0.1, 0.15) is 11.6 Å². The number of hydrogen-bond acceptors (Lipinski definition) is 7. The van der Waals surface area contributed by atoms with Crippen LogP contribution < -0.4 is 5.32 Å². The summed E-state index contributed by atoms with van der Waals surface area (Å²) < 4.78 is 10.7. The molecule has 0 saturated heterocycles. The molecule has 0 saturated carbocycles. The topological polar surface area (TPSA) is 77.5 Å². The molecule has 0 spiro atoms. The zero-order valence-electron chi connectivity index (χ0n) is 18.5. The minimum Gasteiger partial charge on any atom is -0.461 e. The van der Waals surface area contributed by atoms with E-state index in [1.54, 1.807) is 6.92 Å². The molecule has 1 atom stereocenters. The molecular formula is C23H32N2O4S. The Kier molecular flexibility index (Phi) is 8.99. The van der Waals surface area contributed by atoms with Crippen molar-refractivity contribution in [3.63, 3.8) is 0 Å². The Morgan fingerprint density at radius 2 is 1.90 bits per heavy atom. The maximum Gasteiger partial charge on any atom is 0.358 e. The Hall–Kier alpha value is -2.25. The number of nitrogens with one attached hydrogen (secondary N) is 1. The molecule has 1 unspecified atom stereocenters. The van der Waals surface area contributed by atoms with Crippen LogP contribution in [0.25, 0.3) is 0 Å². The van der Waals surface area contributed by atoms with Crippen molar-refractivity contribution in [1.82, 2.24) is 10.3 Å². The molecular weight excluding hydrogens is 400 g/mol. The second-order valence-electron chi connectivity index (χ2n) is 8.07. The summed E-state index contributed by atoms with van der Waals surface area (Å²) in [4.78, 5) is 30.0. The highest BCUT2D eigenvalue weighted by atomic mass is 32.1. The molecule has 2 rings (SSSR count). The third kappa shape index (κ3) is 7.88. The number of nitrogens with zero attached hydrogens (tertiary/aromatic N) is 1. The van der Waals surface area contributed by atoms with Gasteiger partial charge in [-0.15, -0.1) is 11.3 Å². The Labute approximate surface area is 183 Å². The molecule has 164 valence electrons. The van der Waals surface area contributed by atoms with Crippen LogP contribution in [0.15, 0.2) is 30.3 Å². The van der Waals surface area contributed by atoms with Crippen molar-refractivity contribution in [3.05, 3.63) is 51.5 Å². The van der Waals surface area contributed by atoms with E-state index in [1.807, 2.05) is 45.9 Å². The minimum absolute atomic E-state index is 0.300. The number of carbonyl (C=O) groups excluding carboxylic acids is 2. The van der Waals surface area contributed by atoms with Gasteiger partial charge in [0.2, 0.25) is 0 Å². The molecule has 7 heteroatoms. The Morgan fingerprint density at radius 1 is 1.20 bits per heavy atom. The Balaban J connectivity index is 2.03. The second-order valence-corrected chi connectivity index (χ2v) is 9.35. The first-order chi connectivity index (χ1) is 14.2. The molecule has 0 bridgehead atoms. The smallest absolute Gasteiger partial charge is 0.358 e. The first-order valence-electron chi connectivity index (χ1n) is 10.3. The van der Waals surface area contributed by atoms with Crippen molar-refractivity contribution in [1.29, 1.82) is 0 Å². The number of rotatable bonds is 10. The number of esters is 2. The fourth-order valence-electron chi connectivity index (χ4n) is 2.93. The number of aryl methyl sites for hydroxylation is 2. The first-order valence-corrected chi connectivity index (χ1v) is 11.1. The van der Waals surface area contributed by atoms with Crippen molar-refractivity contribution >= 4 is 23.3 Å². The van der Waals surface area contributed by atoms with Gasteiger partial charge in [-0.25, -0.2) is 9.78 Å². The Bertz CT molecular complexity index is 827. The van der Waals surface area contributed by atoms with Crippen LogP contribution in [-0.4, -0.2) is 41.7 Å². The van der Waals surface area contributed by atoms with Crippen molar-refractivity contribution in [3.8, 4) is 0 Å². The van der Waals surface area contributed by atoms with E-state index >= 15 is 0 Å². The van der Waals surface area contributed by atoms with Gasteiger partial charge in [0.25, 0.3) is 0 Å². The Morgan fingerprint density at radius 3 is 2.53 bits per heavy atom. The second kappa shape index (κ2) is 11.2. The number of ether oxygens (including phenoxy) is 2. The lowest BCUT2D eigenvalue weighted by Crippen LogP contribution is -2.43. The van der Waals surface area contributed by atoms with Gasteiger partial charge >= 0.3 is 11.9 Å². The molecule has 2 aromatic rings. The summed E-state index contributed by atoms with van der Waals surface area (Å²) in [6.45, 7) is 10.1. The van der Waals surface area contributed by atoms with Gasteiger partial charge in [0.15, 0.2) is 5.69 Å². The maximum atomic E-state index is 12.8. The van der Waals surface area contributed by atoms with Gasteiger partial charge in [-0.3, -0.25) is 4.79 Å². The summed E-state index contributed by atoms with van der Waals surface area (Å²) in [6.07, 6.45) is 2.19. The molecule has 1 aromatic heterocycles. The monoisotopic (exact) mass is 432 g/mol. The third-order valence-electron chi connectivity index (χ3n) is 4.26. The molecule has 0 aliphatic heterocycles. The normalized spacial score (nSPS) is 12.4. The standard InChI is InChI=1S/C23H32N2O4S/c1-6-28-22(27)20-16(2)30-19(25-20)15-18(21(26)29-23(3,4)5)24-14-10-13-17-11-8-7-9-12-17/h7-9,11-12,18,24H,6,10,13-15H2,1-5H3. The fourth-order valence-corrected chi connectivity index (χ4v) is 3.89. The van der Waals surface area contributed by atoms with E-state index < -0.39 is 17.6 Å². The lowest BCUT2D eigenvalue weighted by molar-refractivity contribution is -0.157. The molecule has 0 amide bonds. The van der Waals surface area contributed by atoms with Gasteiger partial charge in [-0.1, -0.05) is 30.3 Å². The average Bonchev–Trinajstić information content (AvgIpc) is 3.04. The highest BCUT2D eigenvalue weighted by molar-refractivity contribution is 7.11. The van der Waals surface area contributed by atoms with Crippen molar-refractivity contribution in [2.75, 3.05) is 13.2 Å². The number of carbonyl (C=O) groups is 2. The molecule has 0 aliphatic rings. The van der Waals surface area contributed by atoms with Crippen LogP contribution >= 0.6 is 11.3 Å². The number of benzene rings is 1. The van der Waals surface area contributed by atoms with E-state index in [2.05, 4.69) is 22.4 Å². The van der Waals surface area contributed by atoms with Crippen LogP contribution in [0, 0.1) is 6.92 Å². The quantitative estimate of drug-likeness (QED) is 0.450. The largest absolute Gasteiger partial charge is 0.461 e. The summed E-state index contributed by atoms with van der Waals surface area (Å²) in [5.41, 5.74) is 1.02. The van der Waals surface area contributed by atoms with Crippen molar-refractivity contribution < 1.29 is 19.1 Å². The zero-order chi connectivity index (χ0) is 22.1. The molecule has 0 radical (unpaired) electrons. The lowest BCUT2D eigenvalue weighted by atomic mass is 10.1.